The lowest BCUT2D eigenvalue weighted by Crippen LogP contribution is -2.23. The van der Waals surface area contributed by atoms with Gasteiger partial charge in [-0.25, -0.2) is 9.37 Å². The first-order chi connectivity index (χ1) is 14.2. The SMILES string of the molecule is O=C(NCc1ccco1)c1cnc(-c2ccccc2)nc1Oc1ccc(F)cc1. The van der Waals surface area contributed by atoms with Crippen LogP contribution in [0.4, 0.5) is 4.39 Å². The third-order valence-electron chi connectivity index (χ3n) is 4.06. The lowest BCUT2D eigenvalue weighted by atomic mass is 10.2. The van der Waals surface area contributed by atoms with Crippen LogP contribution < -0.4 is 10.1 Å². The molecule has 0 fully saturated rings. The van der Waals surface area contributed by atoms with Crippen molar-refractivity contribution in [2.24, 2.45) is 0 Å². The first-order valence-corrected chi connectivity index (χ1v) is 8.85. The van der Waals surface area contributed by atoms with Gasteiger partial charge in [-0.15, -0.1) is 0 Å². The Kier molecular flexibility index (Phi) is 5.29. The molecule has 2 heterocycles. The van der Waals surface area contributed by atoms with E-state index in [-0.39, 0.29) is 23.8 Å². The molecule has 0 saturated carbocycles. The van der Waals surface area contributed by atoms with Crippen LogP contribution in [-0.4, -0.2) is 15.9 Å². The molecule has 0 aliphatic carbocycles. The number of amides is 1. The summed E-state index contributed by atoms with van der Waals surface area (Å²) in [5.41, 5.74) is 0.930. The minimum Gasteiger partial charge on any atom is -0.467 e. The predicted octanol–water partition coefficient (Wildman–Crippen LogP) is 4.60. The van der Waals surface area contributed by atoms with E-state index in [1.807, 2.05) is 30.3 Å². The van der Waals surface area contributed by atoms with E-state index in [2.05, 4.69) is 15.3 Å². The van der Waals surface area contributed by atoms with Crippen molar-refractivity contribution in [1.82, 2.24) is 15.3 Å². The summed E-state index contributed by atoms with van der Waals surface area (Å²) in [6.07, 6.45) is 2.94. The summed E-state index contributed by atoms with van der Waals surface area (Å²) in [6, 6.07) is 18.3. The normalized spacial score (nSPS) is 10.5. The monoisotopic (exact) mass is 389 g/mol. The van der Waals surface area contributed by atoms with Gasteiger partial charge in [0.1, 0.15) is 22.9 Å². The molecule has 0 radical (unpaired) electrons. The highest BCUT2D eigenvalue weighted by atomic mass is 19.1. The Morgan fingerprint density at radius 3 is 2.55 bits per heavy atom. The van der Waals surface area contributed by atoms with Crippen molar-refractivity contribution in [3.63, 3.8) is 0 Å². The molecule has 6 nitrogen and oxygen atoms in total. The van der Waals surface area contributed by atoms with Crippen molar-refractivity contribution >= 4 is 5.91 Å². The van der Waals surface area contributed by atoms with Gasteiger partial charge in [0.2, 0.25) is 5.88 Å². The summed E-state index contributed by atoms with van der Waals surface area (Å²) in [4.78, 5) is 21.4. The number of halogens is 1. The fourth-order valence-corrected chi connectivity index (χ4v) is 2.62. The van der Waals surface area contributed by atoms with Crippen LogP contribution in [0.25, 0.3) is 11.4 Å². The Labute approximate surface area is 166 Å². The molecular weight excluding hydrogens is 373 g/mol. The molecule has 4 aromatic rings. The standard InChI is InChI=1S/C22H16FN3O3/c23-16-8-10-17(11-9-16)29-22-19(21(27)25-13-18-7-4-12-28-18)14-24-20(26-22)15-5-2-1-3-6-15/h1-12,14H,13H2,(H,25,27). The van der Waals surface area contributed by atoms with E-state index in [0.29, 0.717) is 17.3 Å². The quantitative estimate of drug-likeness (QED) is 0.522. The Balaban J connectivity index is 1.65. The van der Waals surface area contributed by atoms with Crippen LogP contribution >= 0.6 is 0 Å². The maximum absolute atomic E-state index is 13.2. The number of rotatable bonds is 6. The van der Waals surface area contributed by atoms with Gasteiger partial charge in [0, 0.05) is 11.8 Å². The summed E-state index contributed by atoms with van der Waals surface area (Å²) in [6.45, 7) is 0.211. The van der Waals surface area contributed by atoms with Gasteiger partial charge in [-0.2, -0.15) is 4.98 Å². The van der Waals surface area contributed by atoms with Crippen molar-refractivity contribution in [1.29, 1.82) is 0 Å². The second-order valence-electron chi connectivity index (χ2n) is 6.10. The number of ether oxygens (including phenoxy) is 1. The number of nitrogens with one attached hydrogen (secondary N) is 1. The molecule has 0 unspecified atom stereocenters. The van der Waals surface area contributed by atoms with Gasteiger partial charge in [0.25, 0.3) is 5.91 Å². The van der Waals surface area contributed by atoms with Gasteiger partial charge >= 0.3 is 0 Å². The minimum absolute atomic E-state index is 0.0717. The minimum atomic E-state index is -0.418. The predicted molar refractivity (Wildman–Crippen MR) is 104 cm³/mol. The molecule has 0 aliphatic heterocycles. The third kappa shape index (κ3) is 4.47. The molecule has 1 N–H and O–H groups in total. The van der Waals surface area contributed by atoms with E-state index in [4.69, 9.17) is 9.15 Å². The molecule has 29 heavy (non-hydrogen) atoms. The van der Waals surface area contributed by atoms with Crippen LogP contribution in [0.3, 0.4) is 0 Å². The first kappa shape index (κ1) is 18.4. The molecule has 144 valence electrons. The van der Waals surface area contributed by atoms with E-state index < -0.39 is 5.91 Å². The average Bonchev–Trinajstić information content (AvgIpc) is 3.28. The molecule has 1 amide bonds. The number of carbonyl (C=O) groups excluding carboxylic acids is 1. The zero-order chi connectivity index (χ0) is 20.1. The lowest BCUT2D eigenvalue weighted by Gasteiger charge is -2.11. The number of furan rings is 1. The maximum Gasteiger partial charge on any atom is 0.258 e. The summed E-state index contributed by atoms with van der Waals surface area (Å²) < 4.78 is 24.2. The summed E-state index contributed by atoms with van der Waals surface area (Å²) in [5.74, 6) is 0.637. The van der Waals surface area contributed by atoms with Gasteiger partial charge in [-0.3, -0.25) is 4.79 Å². The smallest absolute Gasteiger partial charge is 0.258 e. The number of hydrogen-bond acceptors (Lipinski definition) is 5. The molecule has 4 rings (SSSR count). The maximum atomic E-state index is 13.2. The molecule has 0 spiro atoms. The van der Waals surface area contributed by atoms with Crippen molar-refractivity contribution in [2.75, 3.05) is 0 Å². The van der Waals surface area contributed by atoms with Crippen molar-refractivity contribution in [3.8, 4) is 23.0 Å². The summed E-state index contributed by atoms with van der Waals surface area (Å²) in [7, 11) is 0. The van der Waals surface area contributed by atoms with E-state index in [0.717, 1.165) is 5.56 Å². The van der Waals surface area contributed by atoms with E-state index >= 15 is 0 Å². The van der Waals surface area contributed by atoms with E-state index in [1.54, 1.807) is 12.1 Å². The average molecular weight is 389 g/mol. The zero-order valence-electron chi connectivity index (χ0n) is 15.2. The van der Waals surface area contributed by atoms with E-state index in [9.17, 15) is 9.18 Å². The van der Waals surface area contributed by atoms with Gasteiger partial charge in [-0.05, 0) is 36.4 Å². The molecule has 0 aliphatic rings. The fourth-order valence-electron chi connectivity index (χ4n) is 2.62. The highest BCUT2D eigenvalue weighted by Gasteiger charge is 2.18. The Morgan fingerprint density at radius 1 is 1.03 bits per heavy atom. The Hall–Kier alpha value is -4.00. The van der Waals surface area contributed by atoms with Crippen LogP contribution in [0, 0.1) is 5.82 Å². The molecular formula is C22H16FN3O3. The second-order valence-corrected chi connectivity index (χ2v) is 6.10. The Bertz CT molecular complexity index is 1100. The number of hydrogen-bond donors (Lipinski definition) is 1. The topological polar surface area (TPSA) is 77.3 Å². The largest absolute Gasteiger partial charge is 0.467 e. The first-order valence-electron chi connectivity index (χ1n) is 8.85. The van der Waals surface area contributed by atoms with Gasteiger partial charge in [-0.1, -0.05) is 30.3 Å². The molecule has 7 heteroatoms. The highest BCUT2D eigenvalue weighted by Crippen LogP contribution is 2.26. The van der Waals surface area contributed by atoms with Crippen molar-refractivity contribution in [3.05, 3.63) is 96.3 Å². The summed E-state index contributed by atoms with van der Waals surface area (Å²) >= 11 is 0. The van der Waals surface area contributed by atoms with Gasteiger partial charge in [0.05, 0.1) is 12.8 Å². The molecule has 2 aromatic heterocycles. The lowest BCUT2D eigenvalue weighted by molar-refractivity contribution is 0.0944. The number of aromatic nitrogens is 2. The number of nitrogens with zero attached hydrogens (tertiary/aromatic N) is 2. The van der Waals surface area contributed by atoms with Gasteiger partial charge in [0.15, 0.2) is 5.82 Å². The van der Waals surface area contributed by atoms with Crippen molar-refractivity contribution in [2.45, 2.75) is 6.54 Å². The molecule has 0 bridgehead atoms. The van der Waals surface area contributed by atoms with E-state index in [1.165, 1.54) is 36.7 Å². The number of carbonyl (C=O) groups is 1. The summed E-state index contributed by atoms with van der Waals surface area (Å²) in [5, 5.41) is 2.74. The number of benzene rings is 2. The van der Waals surface area contributed by atoms with Crippen molar-refractivity contribution < 1.29 is 18.3 Å². The molecule has 0 saturated heterocycles. The third-order valence-corrected chi connectivity index (χ3v) is 4.06. The zero-order valence-corrected chi connectivity index (χ0v) is 15.2. The van der Waals surface area contributed by atoms with Crippen LogP contribution in [0.15, 0.2) is 83.6 Å². The second kappa shape index (κ2) is 8.35. The fraction of sp³-hybridized carbons (Fsp3) is 0.0455. The van der Waals surface area contributed by atoms with Crippen LogP contribution in [0.5, 0.6) is 11.6 Å². The Morgan fingerprint density at radius 2 is 1.83 bits per heavy atom. The van der Waals surface area contributed by atoms with Crippen LogP contribution in [-0.2, 0) is 6.54 Å². The molecule has 0 atom stereocenters. The van der Waals surface area contributed by atoms with Gasteiger partial charge < -0.3 is 14.5 Å². The van der Waals surface area contributed by atoms with Crippen LogP contribution in [0.1, 0.15) is 16.1 Å². The highest BCUT2D eigenvalue weighted by molar-refractivity contribution is 5.96. The van der Waals surface area contributed by atoms with Crippen LogP contribution in [0.2, 0.25) is 0 Å². The molecule has 2 aromatic carbocycles.